The molecule has 2 saturated heterocycles. The number of anilines is 1. The Hall–Kier alpha value is -2.95. The standard InChI is InChI=1S/C23H24N4O3/c24-11-16-9-14(1-2-20(16)30-17-4-7-29-8-5-17)15-3-6-26-21(10-15)27-23(28)22-18-12-25-13-19(18)22/h1-3,6,9-10,17-19,22,25H,4-5,7-8,12-13H2,(H,26,27,28)/t18-,19+,22+. The van der Waals surface area contributed by atoms with Gasteiger partial charge in [0, 0.05) is 25.0 Å². The number of hydrogen-bond acceptors (Lipinski definition) is 6. The molecule has 3 heterocycles. The molecule has 7 heteroatoms. The van der Waals surface area contributed by atoms with Gasteiger partial charge >= 0.3 is 0 Å². The molecule has 1 amide bonds. The quantitative estimate of drug-likeness (QED) is 0.795. The molecule has 2 aliphatic heterocycles. The van der Waals surface area contributed by atoms with Gasteiger partial charge in [-0.05, 0) is 60.3 Å². The number of carbonyl (C=O) groups excluding carboxylic acids is 1. The highest BCUT2D eigenvalue weighted by molar-refractivity contribution is 5.94. The SMILES string of the molecule is N#Cc1cc(-c2ccnc(NC(=O)[C@H]3[C@@H]4CNC[C@@H]43)c2)ccc1OC1CCOCC1. The molecule has 30 heavy (non-hydrogen) atoms. The summed E-state index contributed by atoms with van der Waals surface area (Å²) in [6.45, 7) is 3.23. The van der Waals surface area contributed by atoms with Crippen LogP contribution in [0.25, 0.3) is 11.1 Å². The van der Waals surface area contributed by atoms with Crippen molar-refractivity contribution in [2.75, 3.05) is 31.6 Å². The largest absolute Gasteiger partial charge is 0.489 e. The van der Waals surface area contributed by atoms with Gasteiger partial charge in [-0.2, -0.15) is 5.26 Å². The summed E-state index contributed by atoms with van der Waals surface area (Å²) in [5, 5.41) is 15.9. The molecule has 1 aromatic heterocycles. The second-order valence-electron chi connectivity index (χ2n) is 8.18. The maximum Gasteiger partial charge on any atom is 0.229 e. The van der Waals surface area contributed by atoms with E-state index < -0.39 is 0 Å². The zero-order valence-corrected chi connectivity index (χ0v) is 16.6. The molecule has 3 atom stereocenters. The number of pyridine rings is 1. The van der Waals surface area contributed by atoms with Gasteiger partial charge in [0.25, 0.3) is 0 Å². The minimum atomic E-state index is 0.0501. The van der Waals surface area contributed by atoms with Gasteiger partial charge in [0.1, 0.15) is 23.7 Å². The number of hydrogen-bond donors (Lipinski definition) is 2. The van der Waals surface area contributed by atoms with Crippen LogP contribution in [0.4, 0.5) is 5.82 Å². The molecule has 154 valence electrons. The Morgan fingerprint density at radius 3 is 2.70 bits per heavy atom. The second-order valence-corrected chi connectivity index (χ2v) is 8.18. The Morgan fingerprint density at radius 2 is 1.93 bits per heavy atom. The molecule has 0 spiro atoms. The minimum Gasteiger partial charge on any atom is -0.489 e. The van der Waals surface area contributed by atoms with Crippen molar-refractivity contribution in [3.05, 3.63) is 42.1 Å². The number of rotatable bonds is 5. The van der Waals surface area contributed by atoms with Crippen LogP contribution in [0.5, 0.6) is 5.75 Å². The molecular weight excluding hydrogens is 380 g/mol. The molecular formula is C23H24N4O3. The van der Waals surface area contributed by atoms with E-state index in [0.29, 0.717) is 42.2 Å². The van der Waals surface area contributed by atoms with Gasteiger partial charge in [0.15, 0.2) is 0 Å². The Bertz CT molecular complexity index is 986. The van der Waals surface area contributed by atoms with Gasteiger partial charge in [-0.15, -0.1) is 0 Å². The topological polar surface area (TPSA) is 96.3 Å². The Morgan fingerprint density at radius 1 is 1.17 bits per heavy atom. The van der Waals surface area contributed by atoms with Gasteiger partial charge in [-0.3, -0.25) is 4.79 Å². The highest BCUT2D eigenvalue weighted by atomic mass is 16.5. The van der Waals surface area contributed by atoms with Gasteiger partial charge in [0.2, 0.25) is 5.91 Å². The second kappa shape index (κ2) is 8.05. The fourth-order valence-electron chi connectivity index (χ4n) is 4.57. The van der Waals surface area contributed by atoms with E-state index in [1.54, 1.807) is 6.20 Å². The lowest BCUT2D eigenvalue weighted by molar-refractivity contribution is -0.118. The lowest BCUT2D eigenvalue weighted by atomic mass is 10.0. The van der Waals surface area contributed by atoms with Crippen LogP contribution < -0.4 is 15.4 Å². The highest BCUT2D eigenvalue weighted by Gasteiger charge is 2.56. The van der Waals surface area contributed by atoms with Gasteiger partial charge < -0.3 is 20.1 Å². The Balaban J connectivity index is 1.30. The van der Waals surface area contributed by atoms with Crippen LogP contribution in [0.2, 0.25) is 0 Å². The predicted molar refractivity (Wildman–Crippen MR) is 111 cm³/mol. The van der Waals surface area contributed by atoms with Crippen LogP contribution in [0.3, 0.4) is 0 Å². The average Bonchev–Trinajstić information content (AvgIpc) is 3.27. The van der Waals surface area contributed by atoms with E-state index in [2.05, 4.69) is 21.7 Å². The van der Waals surface area contributed by atoms with E-state index in [-0.39, 0.29) is 17.9 Å². The first-order valence-corrected chi connectivity index (χ1v) is 10.5. The predicted octanol–water partition coefficient (Wildman–Crippen LogP) is 2.58. The number of benzene rings is 1. The van der Waals surface area contributed by atoms with E-state index in [4.69, 9.17) is 9.47 Å². The van der Waals surface area contributed by atoms with Crippen molar-refractivity contribution in [3.63, 3.8) is 0 Å². The van der Waals surface area contributed by atoms with Gasteiger partial charge in [-0.25, -0.2) is 4.98 Å². The molecule has 0 unspecified atom stereocenters. The molecule has 1 saturated carbocycles. The number of amides is 1. The molecule has 5 rings (SSSR count). The van der Waals surface area contributed by atoms with Crippen LogP contribution >= 0.6 is 0 Å². The Kier molecular flexibility index (Phi) is 5.11. The summed E-state index contributed by atoms with van der Waals surface area (Å²) in [6.07, 6.45) is 3.42. The molecule has 2 aromatic rings. The third-order valence-corrected chi connectivity index (χ3v) is 6.30. The summed E-state index contributed by atoms with van der Waals surface area (Å²) in [4.78, 5) is 16.8. The summed E-state index contributed by atoms with van der Waals surface area (Å²) < 4.78 is 11.4. The molecule has 0 bridgehead atoms. The fourth-order valence-corrected chi connectivity index (χ4v) is 4.57. The van der Waals surface area contributed by atoms with Gasteiger partial charge in [0.05, 0.1) is 18.8 Å². The first-order valence-electron chi connectivity index (χ1n) is 10.5. The molecule has 3 fully saturated rings. The monoisotopic (exact) mass is 404 g/mol. The Labute approximate surface area is 175 Å². The van der Waals surface area contributed by atoms with Crippen molar-refractivity contribution in [3.8, 4) is 22.9 Å². The minimum absolute atomic E-state index is 0.0501. The lowest BCUT2D eigenvalue weighted by Crippen LogP contribution is -2.26. The maximum absolute atomic E-state index is 12.5. The molecule has 2 N–H and O–H groups in total. The highest BCUT2D eigenvalue weighted by Crippen LogP contribution is 2.49. The fraction of sp³-hybridized carbons (Fsp3) is 0.435. The third-order valence-electron chi connectivity index (χ3n) is 6.30. The van der Waals surface area contributed by atoms with Gasteiger partial charge in [-0.1, -0.05) is 6.07 Å². The molecule has 3 aliphatic rings. The number of piperidine rings is 1. The van der Waals surface area contributed by atoms with E-state index in [1.165, 1.54) is 0 Å². The van der Waals surface area contributed by atoms with Crippen molar-refractivity contribution in [2.45, 2.75) is 18.9 Å². The molecule has 0 radical (unpaired) electrons. The van der Waals surface area contributed by atoms with Crippen molar-refractivity contribution >= 4 is 11.7 Å². The number of aromatic nitrogens is 1. The normalized spacial score (nSPS) is 25.2. The maximum atomic E-state index is 12.5. The van der Waals surface area contributed by atoms with E-state index in [9.17, 15) is 10.1 Å². The number of nitrogens with one attached hydrogen (secondary N) is 2. The third kappa shape index (κ3) is 3.76. The van der Waals surface area contributed by atoms with Crippen molar-refractivity contribution in [2.24, 2.45) is 17.8 Å². The molecule has 1 aliphatic carbocycles. The molecule has 1 aromatic carbocycles. The van der Waals surface area contributed by atoms with E-state index in [0.717, 1.165) is 37.1 Å². The lowest BCUT2D eigenvalue weighted by Gasteiger charge is -2.23. The zero-order chi connectivity index (χ0) is 20.5. The summed E-state index contributed by atoms with van der Waals surface area (Å²) in [7, 11) is 0. The first kappa shape index (κ1) is 19.0. The number of carbonyl (C=O) groups is 1. The van der Waals surface area contributed by atoms with Crippen molar-refractivity contribution in [1.82, 2.24) is 10.3 Å². The summed E-state index contributed by atoms with van der Waals surface area (Å²) in [6, 6.07) is 11.6. The van der Waals surface area contributed by atoms with Crippen molar-refractivity contribution in [1.29, 1.82) is 5.26 Å². The van der Waals surface area contributed by atoms with Crippen LogP contribution in [-0.4, -0.2) is 43.3 Å². The smallest absolute Gasteiger partial charge is 0.229 e. The van der Waals surface area contributed by atoms with E-state index >= 15 is 0 Å². The van der Waals surface area contributed by atoms with Crippen LogP contribution in [0.15, 0.2) is 36.5 Å². The molecule has 7 nitrogen and oxygen atoms in total. The summed E-state index contributed by atoms with van der Waals surface area (Å²) in [5.74, 6) is 2.22. The number of ether oxygens (including phenoxy) is 2. The van der Waals surface area contributed by atoms with Crippen LogP contribution in [0, 0.1) is 29.1 Å². The summed E-state index contributed by atoms with van der Waals surface area (Å²) in [5.41, 5.74) is 2.28. The number of fused-ring (bicyclic) bond motifs is 1. The summed E-state index contributed by atoms with van der Waals surface area (Å²) >= 11 is 0. The van der Waals surface area contributed by atoms with Crippen LogP contribution in [0.1, 0.15) is 18.4 Å². The zero-order valence-electron chi connectivity index (χ0n) is 16.6. The average molecular weight is 404 g/mol. The first-order chi connectivity index (χ1) is 14.7. The van der Waals surface area contributed by atoms with Crippen LogP contribution in [-0.2, 0) is 9.53 Å². The van der Waals surface area contributed by atoms with Crippen molar-refractivity contribution < 1.29 is 14.3 Å². The number of nitrogens with zero attached hydrogens (tertiary/aromatic N) is 2. The van der Waals surface area contributed by atoms with E-state index in [1.807, 2.05) is 30.3 Å². The number of nitriles is 1.